The predicted molar refractivity (Wildman–Crippen MR) is 39.3 cm³/mol. The predicted octanol–water partition coefficient (Wildman–Crippen LogP) is 1.14. The zero-order valence-electron chi connectivity index (χ0n) is 6.18. The second kappa shape index (κ2) is 5.79. The molecular weight excluding hydrogens is 114 g/mol. The van der Waals surface area contributed by atoms with Gasteiger partial charge in [-0.3, -0.25) is 5.32 Å². The van der Waals surface area contributed by atoms with Crippen molar-refractivity contribution in [3.05, 3.63) is 12.7 Å². The molecular formula is C7H15NO. The van der Waals surface area contributed by atoms with Crippen molar-refractivity contribution in [1.29, 1.82) is 0 Å². The third-order valence-corrected chi connectivity index (χ3v) is 1.06. The summed E-state index contributed by atoms with van der Waals surface area (Å²) in [6.45, 7) is 6.69. The molecule has 2 nitrogen and oxygen atoms in total. The Morgan fingerprint density at radius 1 is 1.78 bits per heavy atom. The standard InChI is InChI=1S/C7H15NO/c1-4-6-8-7(5-2)9-3/h5,7-8H,2,4,6H2,1,3H3. The van der Waals surface area contributed by atoms with Crippen molar-refractivity contribution in [2.24, 2.45) is 0 Å². The lowest BCUT2D eigenvalue weighted by atomic mass is 10.4. The van der Waals surface area contributed by atoms with Gasteiger partial charge in [0.15, 0.2) is 0 Å². The van der Waals surface area contributed by atoms with Crippen LogP contribution in [0.2, 0.25) is 0 Å². The molecule has 0 aromatic rings. The van der Waals surface area contributed by atoms with Gasteiger partial charge < -0.3 is 4.74 Å². The van der Waals surface area contributed by atoms with Crippen LogP contribution in [0.25, 0.3) is 0 Å². The van der Waals surface area contributed by atoms with Crippen LogP contribution >= 0.6 is 0 Å². The summed E-state index contributed by atoms with van der Waals surface area (Å²) in [5.41, 5.74) is 0. The molecule has 0 fully saturated rings. The monoisotopic (exact) mass is 129 g/mol. The lowest BCUT2D eigenvalue weighted by Crippen LogP contribution is -2.28. The maximum absolute atomic E-state index is 4.97. The van der Waals surface area contributed by atoms with Gasteiger partial charge >= 0.3 is 0 Å². The third kappa shape index (κ3) is 4.18. The molecule has 1 N–H and O–H groups in total. The molecule has 1 atom stereocenters. The summed E-state index contributed by atoms with van der Waals surface area (Å²) < 4.78 is 4.97. The van der Waals surface area contributed by atoms with Crippen LogP contribution in [-0.4, -0.2) is 19.9 Å². The number of nitrogens with one attached hydrogen (secondary N) is 1. The Kier molecular flexibility index (Phi) is 5.57. The third-order valence-electron chi connectivity index (χ3n) is 1.06. The van der Waals surface area contributed by atoms with E-state index in [9.17, 15) is 0 Å². The Bertz CT molecular complexity index is 73.3. The average molecular weight is 129 g/mol. The number of hydrogen-bond donors (Lipinski definition) is 1. The van der Waals surface area contributed by atoms with Crippen LogP contribution in [0.15, 0.2) is 12.7 Å². The Hall–Kier alpha value is -0.340. The van der Waals surface area contributed by atoms with Crippen molar-refractivity contribution in [3.63, 3.8) is 0 Å². The van der Waals surface area contributed by atoms with Gasteiger partial charge in [-0.15, -0.1) is 0 Å². The van der Waals surface area contributed by atoms with Gasteiger partial charge in [0.2, 0.25) is 0 Å². The number of rotatable bonds is 5. The summed E-state index contributed by atoms with van der Waals surface area (Å²) in [6, 6.07) is 0. The molecule has 0 saturated carbocycles. The summed E-state index contributed by atoms with van der Waals surface area (Å²) >= 11 is 0. The second-order valence-corrected chi connectivity index (χ2v) is 1.85. The summed E-state index contributed by atoms with van der Waals surface area (Å²) in [6.07, 6.45) is 2.88. The Morgan fingerprint density at radius 2 is 2.44 bits per heavy atom. The summed E-state index contributed by atoms with van der Waals surface area (Å²) in [7, 11) is 1.66. The molecule has 0 amide bonds. The molecule has 2 heteroatoms. The van der Waals surface area contributed by atoms with Crippen LogP contribution in [-0.2, 0) is 4.74 Å². The van der Waals surface area contributed by atoms with Crippen LogP contribution in [0, 0.1) is 0 Å². The van der Waals surface area contributed by atoms with Gasteiger partial charge in [0.05, 0.1) is 0 Å². The topological polar surface area (TPSA) is 21.3 Å². The Labute approximate surface area is 56.9 Å². The minimum Gasteiger partial charge on any atom is -0.363 e. The minimum atomic E-state index is 0.0185. The maximum Gasteiger partial charge on any atom is 0.126 e. The molecule has 9 heavy (non-hydrogen) atoms. The number of methoxy groups -OCH3 is 1. The van der Waals surface area contributed by atoms with Crippen molar-refractivity contribution in [1.82, 2.24) is 5.32 Å². The molecule has 0 bridgehead atoms. The number of ether oxygens (including phenoxy) is 1. The van der Waals surface area contributed by atoms with Gasteiger partial charge in [0.1, 0.15) is 6.23 Å². The molecule has 1 unspecified atom stereocenters. The molecule has 0 radical (unpaired) electrons. The van der Waals surface area contributed by atoms with Crippen LogP contribution < -0.4 is 5.32 Å². The highest BCUT2D eigenvalue weighted by molar-refractivity contribution is 4.76. The van der Waals surface area contributed by atoms with Crippen molar-refractivity contribution < 1.29 is 4.74 Å². The van der Waals surface area contributed by atoms with Crippen molar-refractivity contribution in [2.75, 3.05) is 13.7 Å². The fourth-order valence-electron chi connectivity index (χ4n) is 0.549. The van der Waals surface area contributed by atoms with Crippen molar-refractivity contribution >= 4 is 0 Å². The number of hydrogen-bond acceptors (Lipinski definition) is 2. The van der Waals surface area contributed by atoms with Crippen LogP contribution in [0.1, 0.15) is 13.3 Å². The van der Waals surface area contributed by atoms with E-state index in [-0.39, 0.29) is 6.23 Å². The minimum absolute atomic E-state index is 0.0185. The van der Waals surface area contributed by atoms with E-state index in [1.807, 2.05) is 0 Å². The fraction of sp³-hybridized carbons (Fsp3) is 0.714. The van der Waals surface area contributed by atoms with Crippen molar-refractivity contribution in [2.45, 2.75) is 19.6 Å². The molecule has 0 aromatic carbocycles. The van der Waals surface area contributed by atoms with Gasteiger partial charge in [-0.1, -0.05) is 13.5 Å². The zero-order valence-corrected chi connectivity index (χ0v) is 6.18. The molecule has 0 aliphatic rings. The van der Waals surface area contributed by atoms with Gasteiger partial charge in [-0.05, 0) is 19.0 Å². The summed E-state index contributed by atoms with van der Waals surface area (Å²) in [5, 5.41) is 3.13. The van der Waals surface area contributed by atoms with E-state index in [0.29, 0.717) is 0 Å². The van der Waals surface area contributed by atoms with E-state index in [0.717, 1.165) is 13.0 Å². The molecule has 0 rings (SSSR count). The molecule has 54 valence electrons. The fourth-order valence-corrected chi connectivity index (χ4v) is 0.549. The highest BCUT2D eigenvalue weighted by Gasteiger charge is 1.95. The van der Waals surface area contributed by atoms with E-state index in [1.165, 1.54) is 0 Å². The van der Waals surface area contributed by atoms with Gasteiger partial charge in [-0.2, -0.15) is 0 Å². The lowest BCUT2D eigenvalue weighted by molar-refractivity contribution is 0.113. The van der Waals surface area contributed by atoms with E-state index in [1.54, 1.807) is 13.2 Å². The second-order valence-electron chi connectivity index (χ2n) is 1.85. The van der Waals surface area contributed by atoms with Gasteiger partial charge in [0.25, 0.3) is 0 Å². The normalized spacial score (nSPS) is 13.1. The lowest BCUT2D eigenvalue weighted by Gasteiger charge is -2.10. The molecule has 0 spiro atoms. The first-order valence-corrected chi connectivity index (χ1v) is 3.23. The van der Waals surface area contributed by atoms with Crippen LogP contribution in [0.5, 0.6) is 0 Å². The molecule has 0 saturated heterocycles. The maximum atomic E-state index is 4.97. The summed E-state index contributed by atoms with van der Waals surface area (Å²) in [4.78, 5) is 0. The Balaban J connectivity index is 3.20. The van der Waals surface area contributed by atoms with Gasteiger partial charge in [-0.25, -0.2) is 0 Å². The summed E-state index contributed by atoms with van der Waals surface area (Å²) in [5.74, 6) is 0. The van der Waals surface area contributed by atoms with E-state index in [2.05, 4.69) is 18.8 Å². The van der Waals surface area contributed by atoms with Gasteiger partial charge in [0, 0.05) is 7.11 Å². The molecule has 0 aromatic heterocycles. The van der Waals surface area contributed by atoms with Crippen molar-refractivity contribution in [3.8, 4) is 0 Å². The highest BCUT2D eigenvalue weighted by atomic mass is 16.5. The molecule has 0 heterocycles. The Morgan fingerprint density at radius 3 is 2.78 bits per heavy atom. The quantitative estimate of drug-likeness (QED) is 0.444. The first-order valence-electron chi connectivity index (χ1n) is 3.23. The first-order chi connectivity index (χ1) is 4.35. The van der Waals surface area contributed by atoms with Crippen LogP contribution in [0.3, 0.4) is 0 Å². The zero-order chi connectivity index (χ0) is 7.11. The van der Waals surface area contributed by atoms with E-state index >= 15 is 0 Å². The average Bonchev–Trinajstić information content (AvgIpc) is 1.91. The van der Waals surface area contributed by atoms with E-state index < -0.39 is 0 Å². The largest absolute Gasteiger partial charge is 0.363 e. The van der Waals surface area contributed by atoms with Crippen LogP contribution in [0.4, 0.5) is 0 Å². The SMILES string of the molecule is C=CC(NCCC)OC. The highest BCUT2D eigenvalue weighted by Crippen LogP contribution is 1.84. The molecule has 0 aliphatic carbocycles. The smallest absolute Gasteiger partial charge is 0.126 e. The molecule has 0 aliphatic heterocycles. The first kappa shape index (κ1) is 8.66. The van der Waals surface area contributed by atoms with E-state index in [4.69, 9.17) is 4.74 Å².